The molecule has 0 heterocycles. The Kier molecular flexibility index (Phi) is 3.04. The molecule has 2 fully saturated rings. The van der Waals surface area contributed by atoms with Crippen LogP contribution in [0.15, 0.2) is 29.4 Å². The molecule has 5 nitrogen and oxygen atoms in total. The maximum atomic E-state index is 10.6. The van der Waals surface area contributed by atoms with Crippen molar-refractivity contribution in [1.82, 2.24) is 0 Å². The van der Waals surface area contributed by atoms with E-state index in [0.717, 1.165) is 18.0 Å². The van der Waals surface area contributed by atoms with Crippen LogP contribution in [0.25, 0.3) is 0 Å². The Hall–Kier alpha value is -1.91. The topological polar surface area (TPSA) is 67.5 Å². The van der Waals surface area contributed by atoms with Gasteiger partial charge in [0.25, 0.3) is 5.69 Å². The molecule has 2 atom stereocenters. The molecule has 2 bridgehead atoms. The van der Waals surface area contributed by atoms with Crippen molar-refractivity contribution in [3.8, 4) is 0 Å². The zero-order valence-electron chi connectivity index (χ0n) is 12.7. The predicted octanol–water partition coefficient (Wildman–Crippen LogP) is 4.21. The number of benzene rings is 1. The first-order valence-electron chi connectivity index (χ1n) is 7.42. The SMILES string of the molecule is CC12CCC(CC1=NNc1ccc([N+](=O)[O-])cc1)C2(C)C. The van der Waals surface area contributed by atoms with Gasteiger partial charge in [-0.15, -0.1) is 0 Å². The summed E-state index contributed by atoms with van der Waals surface area (Å²) in [4.78, 5) is 10.2. The summed E-state index contributed by atoms with van der Waals surface area (Å²) in [6, 6.07) is 6.38. The number of nitro groups is 1. The molecule has 1 N–H and O–H groups in total. The second-order valence-corrected chi connectivity index (χ2v) is 6.97. The van der Waals surface area contributed by atoms with Gasteiger partial charge >= 0.3 is 0 Å². The summed E-state index contributed by atoms with van der Waals surface area (Å²) < 4.78 is 0. The van der Waals surface area contributed by atoms with E-state index in [9.17, 15) is 10.1 Å². The monoisotopic (exact) mass is 287 g/mol. The van der Waals surface area contributed by atoms with E-state index in [4.69, 9.17) is 0 Å². The third-order valence-electron chi connectivity index (χ3n) is 5.91. The molecule has 0 amide bonds. The van der Waals surface area contributed by atoms with E-state index in [1.54, 1.807) is 12.1 Å². The molecular weight excluding hydrogens is 266 g/mol. The summed E-state index contributed by atoms with van der Waals surface area (Å²) in [5.41, 5.74) is 5.67. The van der Waals surface area contributed by atoms with Crippen LogP contribution in [0.2, 0.25) is 0 Å². The fourth-order valence-electron chi connectivity index (χ4n) is 3.89. The lowest BCUT2D eigenvalue weighted by molar-refractivity contribution is -0.384. The maximum Gasteiger partial charge on any atom is 0.269 e. The van der Waals surface area contributed by atoms with Crippen molar-refractivity contribution in [1.29, 1.82) is 0 Å². The number of nitrogens with zero attached hydrogens (tertiary/aromatic N) is 2. The molecule has 3 rings (SSSR count). The number of hydrogen-bond donors (Lipinski definition) is 1. The third kappa shape index (κ3) is 2.03. The molecular formula is C16H21N3O2. The maximum absolute atomic E-state index is 10.6. The third-order valence-corrected chi connectivity index (χ3v) is 5.91. The van der Waals surface area contributed by atoms with E-state index >= 15 is 0 Å². The average molecular weight is 287 g/mol. The van der Waals surface area contributed by atoms with Gasteiger partial charge in [0, 0.05) is 23.3 Å². The van der Waals surface area contributed by atoms with Gasteiger partial charge in [0.1, 0.15) is 0 Å². The van der Waals surface area contributed by atoms with Crippen molar-refractivity contribution < 1.29 is 4.92 Å². The smallest absolute Gasteiger partial charge is 0.269 e. The fourth-order valence-corrected chi connectivity index (χ4v) is 3.89. The second-order valence-electron chi connectivity index (χ2n) is 6.97. The number of hydrazone groups is 1. The van der Waals surface area contributed by atoms with Crippen LogP contribution < -0.4 is 5.43 Å². The molecule has 2 aliphatic rings. The Morgan fingerprint density at radius 3 is 2.43 bits per heavy atom. The molecule has 2 unspecified atom stereocenters. The van der Waals surface area contributed by atoms with Gasteiger partial charge in [0.15, 0.2) is 0 Å². The molecule has 0 aliphatic heterocycles. The summed E-state index contributed by atoms with van der Waals surface area (Å²) in [5, 5.41) is 15.3. The minimum Gasteiger partial charge on any atom is -0.279 e. The first kappa shape index (κ1) is 14.0. The van der Waals surface area contributed by atoms with Gasteiger partial charge in [-0.2, -0.15) is 5.10 Å². The standard InChI is InChI=1S/C16H21N3O2/c1-15(2)11-8-9-16(15,3)14(10-11)18-17-12-4-6-13(7-5-12)19(20)21/h4-7,11,17H,8-10H2,1-3H3. The number of nitro benzene ring substituents is 1. The van der Waals surface area contributed by atoms with Crippen LogP contribution >= 0.6 is 0 Å². The van der Waals surface area contributed by atoms with Crippen molar-refractivity contribution in [3.05, 3.63) is 34.4 Å². The zero-order valence-corrected chi connectivity index (χ0v) is 12.7. The largest absolute Gasteiger partial charge is 0.279 e. The van der Waals surface area contributed by atoms with E-state index in [2.05, 4.69) is 31.3 Å². The molecule has 0 radical (unpaired) electrons. The van der Waals surface area contributed by atoms with Crippen LogP contribution in [0.4, 0.5) is 11.4 Å². The Bertz CT molecular complexity index is 606. The first-order chi connectivity index (χ1) is 9.84. The Balaban J connectivity index is 1.77. The van der Waals surface area contributed by atoms with Gasteiger partial charge in [0.2, 0.25) is 0 Å². The van der Waals surface area contributed by atoms with Gasteiger partial charge < -0.3 is 0 Å². The van der Waals surface area contributed by atoms with Crippen molar-refractivity contribution in [2.75, 3.05) is 5.43 Å². The van der Waals surface area contributed by atoms with Crippen LogP contribution in [0.5, 0.6) is 0 Å². The first-order valence-corrected chi connectivity index (χ1v) is 7.42. The van der Waals surface area contributed by atoms with Gasteiger partial charge in [-0.25, -0.2) is 0 Å². The lowest BCUT2D eigenvalue weighted by Crippen LogP contribution is -2.32. The van der Waals surface area contributed by atoms with E-state index in [-0.39, 0.29) is 11.1 Å². The van der Waals surface area contributed by atoms with Gasteiger partial charge in [-0.05, 0) is 42.7 Å². The highest BCUT2D eigenvalue weighted by atomic mass is 16.6. The second kappa shape index (κ2) is 4.55. The summed E-state index contributed by atoms with van der Waals surface area (Å²) in [5.74, 6) is 0.722. The van der Waals surface area contributed by atoms with Crippen LogP contribution in [0.3, 0.4) is 0 Å². The van der Waals surface area contributed by atoms with E-state index in [1.165, 1.54) is 30.7 Å². The molecule has 112 valence electrons. The van der Waals surface area contributed by atoms with Crippen molar-refractivity contribution in [3.63, 3.8) is 0 Å². The van der Waals surface area contributed by atoms with E-state index < -0.39 is 4.92 Å². The van der Waals surface area contributed by atoms with Crippen LogP contribution in [0, 0.1) is 26.9 Å². The van der Waals surface area contributed by atoms with Crippen LogP contribution in [-0.2, 0) is 0 Å². The number of fused-ring (bicyclic) bond motifs is 2. The summed E-state index contributed by atoms with van der Waals surface area (Å²) in [6.45, 7) is 7.01. The van der Waals surface area contributed by atoms with Crippen molar-refractivity contribution in [2.24, 2.45) is 21.8 Å². The minimum atomic E-state index is -0.394. The number of non-ortho nitro benzene ring substituents is 1. The Morgan fingerprint density at radius 1 is 1.29 bits per heavy atom. The average Bonchev–Trinajstić information content (AvgIpc) is 2.78. The van der Waals surface area contributed by atoms with Crippen molar-refractivity contribution >= 4 is 17.1 Å². The van der Waals surface area contributed by atoms with Gasteiger partial charge in [0.05, 0.1) is 10.6 Å². The molecule has 0 aromatic heterocycles. The van der Waals surface area contributed by atoms with Crippen LogP contribution in [0.1, 0.15) is 40.0 Å². The highest BCUT2D eigenvalue weighted by Gasteiger charge is 2.59. The molecule has 1 aromatic carbocycles. The molecule has 5 heteroatoms. The fraction of sp³-hybridized carbons (Fsp3) is 0.562. The van der Waals surface area contributed by atoms with E-state index in [0.29, 0.717) is 5.41 Å². The highest BCUT2D eigenvalue weighted by Crippen LogP contribution is 2.63. The summed E-state index contributed by atoms with van der Waals surface area (Å²) in [7, 11) is 0. The number of hydrogen-bond acceptors (Lipinski definition) is 4. The summed E-state index contributed by atoms with van der Waals surface area (Å²) in [6.07, 6.45) is 3.55. The van der Waals surface area contributed by atoms with Gasteiger partial charge in [-0.1, -0.05) is 20.8 Å². The number of anilines is 1. The van der Waals surface area contributed by atoms with E-state index in [1.807, 2.05) is 0 Å². The molecule has 0 spiro atoms. The lowest BCUT2D eigenvalue weighted by Gasteiger charge is -2.34. The summed E-state index contributed by atoms with van der Waals surface area (Å²) >= 11 is 0. The molecule has 2 aliphatic carbocycles. The number of nitrogens with one attached hydrogen (secondary N) is 1. The molecule has 1 aromatic rings. The Morgan fingerprint density at radius 2 is 1.95 bits per heavy atom. The normalized spacial score (nSPS) is 31.6. The molecule has 2 saturated carbocycles. The molecule has 21 heavy (non-hydrogen) atoms. The van der Waals surface area contributed by atoms with Crippen LogP contribution in [-0.4, -0.2) is 10.6 Å². The predicted molar refractivity (Wildman–Crippen MR) is 83.4 cm³/mol. The minimum absolute atomic E-state index is 0.0984. The Labute approximate surface area is 124 Å². The van der Waals surface area contributed by atoms with Gasteiger partial charge in [-0.3, -0.25) is 15.5 Å². The quantitative estimate of drug-likeness (QED) is 0.669. The lowest BCUT2D eigenvalue weighted by atomic mass is 9.70. The highest BCUT2D eigenvalue weighted by molar-refractivity contribution is 5.94. The number of rotatable bonds is 3. The van der Waals surface area contributed by atoms with Crippen molar-refractivity contribution in [2.45, 2.75) is 40.0 Å². The zero-order chi connectivity index (χ0) is 15.3. The molecule has 0 saturated heterocycles.